The molecule has 1 rings (SSSR count). The first-order chi connectivity index (χ1) is 6.44. The van der Waals surface area contributed by atoms with Crippen LogP contribution in [0.4, 0.5) is 0 Å². The summed E-state index contributed by atoms with van der Waals surface area (Å²) in [5.41, 5.74) is 5.13. The molecule has 0 radical (unpaired) electrons. The van der Waals surface area contributed by atoms with Crippen molar-refractivity contribution in [2.24, 2.45) is 5.73 Å². The third-order valence-corrected chi connectivity index (χ3v) is 2.28. The molecule has 1 saturated heterocycles. The maximum atomic E-state index is 11.6. The van der Waals surface area contributed by atoms with Gasteiger partial charge < -0.3 is 15.4 Å². The number of nitrogens with zero attached hydrogens (tertiary/aromatic N) is 1. The molecular weight excluding hydrogens is 180 g/mol. The van der Waals surface area contributed by atoms with Gasteiger partial charge in [-0.1, -0.05) is 0 Å². The Balaban J connectivity index is 2.57. The van der Waals surface area contributed by atoms with Crippen LogP contribution in [0.2, 0.25) is 0 Å². The number of carbonyl (C=O) groups is 1. The van der Waals surface area contributed by atoms with Gasteiger partial charge in [0.15, 0.2) is 0 Å². The Hall–Kier alpha value is -0.610. The van der Waals surface area contributed by atoms with Gasteiger partial charge in [0.05, 0.1) is 11.7 Å². The number of amides is 1. The number of carbonyl (C=O) groups excluding carboxylic acids is 1. The molecule has 2 N–H and O–H groups in total. The van der Waals surface area contributed by atoms with Crippen LogP contribution in [0.15, 0.2) is 0 Å². The monoisotopic (exact) mass is 200 g/mol. The van der Waals surface area contributed by atoms with Gasteiger partial charge in [0.25, 0.3) is 0 Å². The molecule has 14 heavy (non-hydrogen) atoms. The van der Waals surface area contributed by atoms with Gasteiger partial charge in [-0.25, -0.2) is 0 Å². The van der Waals surface area contributed by atoms with Crippen molar-refractivity contribution in [1.29, 1.82) is 0 Å². The molecule has 0 saturated carbocycles. The van der Waals surface area contributed by atoms with Crippen molar-refractivity contribution in [3.8, 4) is 0 Å². The van der Waals surface area contributed by atoms with Crippen molar-refractivity contribution in [2.45, 2.75) is 38.9 Å². The van der Waals surface area contributed by atoms with Crippen LogP contribution in [0.5, 0.6) is 0 Å². The number of hydrogen-bond donors (Lipinski definition) is 1. The summed E-state index contributed by atoms with van der Waals surface area (Å²) in [6, 6.07) is 0. The van der Waals surface area contributed by atoms with E-state index in [9.17, 15) is 4.79 Å². The second kappa shape index (κ2) is 4.28. The van der Waals surface area contributed by atoms with Crippen LogP contribution in [0, 0.1) is 0 Å². The van der Waals surface area contributed by atoms with E-state index in [1.165, 1.54) is 0 Å². The summed E-state index contributed by atoms with van der Waals surface area (Å²) in [6.45, 7) is 7.77. The standard InChI is InChI=1S/C10H20N2O2/c1-8-6-12(9(13)4-5-11)7-10(2,3)14-8/h8H,4-7,11H2,1-3H3. The summed E-state index contributed by atoms with van der Waals surface area (Å²) in [5.74, 6) is 0.135. The molecule has 1 aliphatic rings. The van der Waals surface area contributed by atoms with Crippen molar-refractivity contribution in [3.05, 3.63) is 0 Å². The highest BCUT2D eigenvalue weighted by atomic mass is 16.5. The molecule has 0 aliphatic carbocycles. The molecule has 0 aromatic rings. The smallest absolute Gasteiger partial charge is 0.224 e. The fraction of sp³-hybridized carbons (Fsp3) is 0.900. The second-order valence-corrected chi connectivity index (χ2v) is 4.50. The highest BCUT2D eigenvalue weighted by Crippen LogP contribution is 2.20. The van der Waals surface area contributed by atoms with Crippen LogP contribution in [-0.2, 0) is 9.53 Å². The molecule has 1 unspecified atom stereocenters. The molecule has 1 amide bonds. The third kappa shape index (κ3) is 2.96. The van der Waals surface area contributed by atoms with Crippen molar-refractivity contribution < 1.29 is 9.53 Å². The Morgan fingerprint density at radius 2 is 2.29 bits per heavy atom. The number of nitrogens with two attached hydrogens (primary N) is 1. The fourth-order valence-corrected chi connectivity index (χ4v) is 1.93. The molecule has 4 nitrogen and oxygen atoms in total. The van der Waals surface area contributed by atoms with E-state index in [0.29, 0.717) is 26.1 Å². The zero-order valence-corrected chi connectivity index (χ0v) is 9.25. The first kappa shape index (κ1) is 11.5. The summed E-state index contributed by atoms with van der Waals surface area (Å²) in [7, 11) is 0. The Labute approximate surface area is 85.4 Å². The lowest BCUT2D eigenvalue weighted by molar-refractivity contribution is -0.157. The van der Waals surface area contributed by atoms with Gasteiger partial charge in [-0.15, -0.1) is 0 Å². The first-order valence-electron chi connectivity index (χ1n) is 5.10. The average molecular weight is 200 g/mol. The molecule has 0 spiro atoms. The topological polar surface area (TPSA) is 55.6 Å². The van der Waals surface area contributed by atoms with Gasteiger partial charge in [-0.05, 0) is 20.8 Å². The lowest BCUT2D eigenvalue weighted by atomic mass is 10.1. The number of hydrogen-bond acceptors (Lipinski definition) is 3. The largest absolute Gasteiger partial charge is 0.369 e. The van der Waals surface area contributed by atoms with Gasteiger partial charge in [0.2, 0.25) is 5.91 Å². The van der Waals surface area contributed by atoms with E-state index in [2.05, 4.69) is 0 Å². The molecule has 82 valence electrons. The highest BCUT2D eigenvalue weighted by molar-refractivity contribution is 5.76. The molecule has 1 aliphatic heterocycles. The Bertz CT molecular complexity index is 216. The normalized spacial score (nSPS) is 26.3. The van der Waals surface area contributed by atoms with Gasteiger partial charge in [-0.2, -0.15) is 0 Å². The van der Waals surface area contributed by atoms with E-state index in [4.69, 9.17) is 10.5 Å². The maximum absolute atomic E-state index is 11.6. The van der Waals surface area contributed by atoms with E-state index in [0.717, 1.165) is 0 Å². The molecule has 1 atom stereocenters. The molecule has 0 bridgehead atoms. The summed E-state index contributed by atoms with van der Waals surface area (Å²) in [6.07, 6.45) is 0.545. The van der Waals surface area contributed by atoms with E-state index >= 15 is 0 Å². The average Bonchev–Trinajstić information content (AvgIpc) is 2.00. The zero-order valence-electron chi connectivity index (χ0n) is 9.25. The van der Waals surface area contributed by atoms with Crippen molar-refractivity contribution >= 4 is 5.91 Å². The second-order valence-electron chi connectivity index (χ2n) is 4.50. The Morgan fingerprint density at radius 3 is 2.79 bits per heavy atom. The molecule has 0 aromatic heterocycles. The van der Waals surface area contributed by atoms with Crippen LogP contribution in [0.1, 0.15) is 27.2 Å². The summed E-state index contributed by atoms with van der Waals surface area (Å²) in [4.78, 5) is 13.5. The van der Waals surface area contributed by atoms with Gasteiger partial charge in [-0.3, -0.25) is 4.79 Å². The van der Waals surface area contributed by atoms with E-state index in [1.54, 1.807) is 0 Å². The minimum absolute atomic E-state index is 0.112. The van der Waals surface area contributed by atoms with Crippen LogP contribution in [0.3, 0.4) is 0 Å². The highest BCUT2D eigenvalue weighted by Gasteiger charge is 2.33. The zero-order chi connectivity index (χ0) is 10.8. The maximum Gasteiger partial charge on any atom is 0.224 e. The fourth-order valence-electron chi connectivity index (χ4n) is 1.93. The van der Waals surface area contributed by atoms with Crippen molar-refractivity contribution in [2.75, 3.05) is 19.6 Å². The molecule has 1 heterocycles. The third-order valence-electron chi connectivity index (χ3n) is 2.28. The van der Waals surface area contributed by atoms with Crippen LogP contribution >= 0.6 is 0 Å². The predicted molar refractivity (Wildman–Crippen MR) is 54.9 cm³/mol. The SMILES string of the molecule is CC1CN(C(=O)CCN)CC(C)(C)O1. The summed E-state index contributed by atoms with van der Waals surface area (Å²) >= 11 is 0. The number of rotatable bonds is 2. The lowest BCUT2D eigenvalue weighted by Gasteiger charge is -2.41. The molecule has 4 heteroatoms. The quantitative estimate of drug-likeness (QED) is 0.700. The minimum Gasteiger partial charge on any atom is -0.369 e. The van der Waals surface area contributed by atoms with E-state index < -0.39 is 0 Å². The summed E-state index contributed by atoms with van der Waals surface area (Å²) < 4.78 is 5.71. The minimum atomic E-state index is -0.234. The van der Waals surface area contributed by atoms with Crippen LogP contribution in [0.25, 0.3) is 0 Å². The number of morpholine rings is 1. The summed E-state index contributed by atoms with van der Waals surface area (Å²) in [5, 5.41) is 0. The number of ether oxygens (including phenoxy) is 1. The van der Waals surface area contributed by atoms with Crippen molar-refractivity contribution in [3.63, 3.8) is 0 Å². The van der Waals surface area contributed by atoms with Crippen molar-refractivity contribution in [1.82, 2.24) is 4.90 Å². The van der Waals surface area contributed by atoms with Gasteiger partial charge in [0, 0.05) is 26.1 Å². The Morgan fingerprint density at radius 1 is 1.64 bits per heavy atom. The van der Waals surface area contributed by atoms with E-state index in [1.807, 2.05) is 25.7 Å². The molecular formula is C10H20N2O2. The molecule has 1 fully saturated rings. The van der Waals surface area contributed by atoms with Crippen LogP contribution in [-0.4, -0.2) is 42.1 Å². The van der Waals surface area contributed by atoms with Gasteiger partial charge in [0.1, 0.15) is 0 Å². The predicted octanol–water partition coefficient (Wildman–Crippen LogP) is 0.361. The Kier molecular flexibility index (Phi) is 3.50. The van der Waals surface area contributed by atoms with Crippen LogP contribution < -0.4 is 5.73 Å². The molecule has 0 aromatic carbocycles. The lowest BCUT2D eigenvalue weighted by Crippen LogP contribution is -2.54. The van der Waals surface area contributed by atoms with E-state index in [-0.39, 0.29) is 17.6 Å². The first-order valence-corrected chi connectivity index (χ1v) is 5.10. The van der Waals surface area contributed by atoms with Gasteiger partial charge >= 0.3 is 0 Å².